The van der Waals surface area contributed by atoms with Gasteiger partial charge in [0.1, 0.15) is 0 Å². The monoisotopic (exact) mass is 207 g/mol. The van der Waals surface area contributed by atoms with Crippen LogP contribution in [0.25, 0.3) is 0 Å². The van der Waals surface area contributed by atoms with E-state index in [9.17, 15) is 0 Å². The second-order valence-corrected chi connectivity index (χ2v) is 5.50. The van der Waals surface area contributed by atoms with E-state index >= 15 is 0 Å². The van der Waals surface area contributed by atoms with Gasteiger partial charge >= 0.3 is 0 Å². The molecular formula is C12H21N3. The summed E-state index contributed by atoms with van der Waals surface area (Å²) in [7, 11) is 2.02. The lowest BCUT2D eigenvalue weighted by atomic mass is 9.65. The first-order valence-electron chi connectivity index (χ1n) is 5.70. The fourth-order valence-corrected chi connectivity index (χ4v) is 3.06. The molecule has 2 atom stereocenters. The minimum Gasteiger partial charge on any atom is -0.327 e. The molecule has 0 amide bonds. The number of nitrogens with two attached hydrogens (primary N) is 1. The van der Waals surface area contributed by atoms with Crippen LogP contribution in [-0.2, 0) is 13.5 Å². The first-order valence-corrected chi connectivity index (χ1v) is 5.70. The van der Waals surface area contributed by atoms with Crippen LogP contribution in [0.15, 0.2) is 6.20 Å². The maximum atomic E-state index is 6.13. The van der Waals surface area contributed by atoms with Crippen LogP contribution in [0.5, 0.6) is 0 Å². The summed E-state index contributed by atoms with van der Waals surface area (Å²) in [4.78, 5) is 0. The molecule has 15 heavy (non-hydrogen) atoms. The van der Waals surface area contributed by atoms with Gasteiger partial charge in [0, 0.05) is 24.7 Å². The van der Waals surface area contributed by atoms with Gasteiger partial charge in [-0.25, -0.2) is 0 Å². The Bertz CT molecular complexity index is 363. The summed E-state index contributed by atoms with van der Waals surface area (Å²) < 4.78 is 2.00. The van der Waals surface area contributed by atoms with Crippen molar-refractivity contribution in [2.24, 2.45) is 18.2 Å². The number of rotatable bonds is 1. The highest BCUT2D eigenvalue weighted by Gasteiger charge is 2.39. The topological polar surface area (TPSA) is 43.8 Å². The fraction of sp³-hybridized carbons (Fsp3) is 0.750. The van der Waals surface area contributed by atoms with Crippen LogP contribution in [-0.4, -0.2) is 15.8 Å². The molecule has 1 aromatic heterocycles. The zero-order valence-corrected chi connectivity index (χ0v) is 10.1. The molecule has 1 aliphatic carbocycles. The van der Waals surface area contributed by atoms with E-state index < -0.39 is 0 Å². The van der Waals surface area contributed by atoms with Crippen LogP contribution in [0.1, 0.15) is 44.4 Å². The van der Waals surface area contributed by atoms with Crippen LogP contribution in [0.2, 0.25) is 0 Å². The van der Waals surface area contributed by atoms with Gasteiger partial charge in [-0.3, -0.25) is 4.68 Å². The Morgan fingerprint density at radius 2 is 2.27 bits per heavy atom. The highest BCUT2D eigenvalue weighted by Crippen LogP contribution is 2.46. The second kappa shape index (κ2) is 3.34. The van der Waals surface area contributed by atoms with Gasteiger partial charge in [-0.05, 0) is 30.7 Å². The Balaban J connectivity index is 2.49. The van der Waals surface area contributed by atoms with Crippen molar-refractivity contribution in [3.8, 4) is 0 Å². The number of nitrogens with zero attached hydrogens (tertiary/aromatic N) is 2. The third-order valence-electron chi connectivity index (χ3n) is 3.80. The Kier molecular flexibility index (Phi) is 2.38. The molecule has 2 rings (SSSR count). The summed E-state index contributed by atoms with van der Waals surface area (Å²) in [5.41, 5.74) is 9.16. The van der Waals surface area contributed by atoms with Crippen LogP contribution < -0.4 is 5.73 Å². The van der Waals surface area contributed by atoms with Crippen molar-refractivity contribution in [2.45, 2.75) is 45.6 Å². The SMILES string of the molecule is CC(N)C1c2cnn(C)c2CCC1(C)C. The zero-order valence-electron chi connectivity index (χ0n) is 10.1. The van der Waals surface area contributed by atoms with Crippen molar-refractivity contribution in [3.63, 3.8) is 0 Å². The number of hydrogen-bond acceptors (Lipinski definition) is 2. The Morgan fingerprint density at radius 1 is 1.60 bits per heavy atom. The van der Waals surface area contributed by atoms with Gasteiger partial charge in [0.25, 0.3) is 0 Å². The van der Waals surface area contributed by atoms with E-state index in [-0.39, 0.29) is 6.04 Å². The van der Waals surface area contributed by atoms with Crippen LogP contribution in [0.3, 0.4) is 0 Å². The molecule has 0 radical (unpaired) electrons. The highest BCUT2D eigenvalue weighted by atomic mass is 15.3. The van der Waals surface area contributed by atoms with Crippen LogP contribution >= 0.6 is 0 Å². The van der Waals surface area contributed by atoms with Crippen LogP contribution in [0.4, 0.5) is 0 Å². The number of hydrogen-bond donors (Lipinski definition) is 1. The maximum Gasteiger partial charge on any atom is 0.0528 e. The second-order valence-electron chi connectivity index (χ2n) is 5.50. The minimum absolute atomic E-state index is 0.197. The van der Waals surface area contributed by atoms with E-state index in [1.807, 2.05) is 17.9 Å². The molecule has 2 N–H and O–H groups in total. The molecule has 0 spiro atoms. The van der Waals surface area contributed by atoms with E-state index in [1.54, 1.807) is 0 Å². The molecule has 0 aliphatic heterocycles. The van der Waals surface area contributed by atoms with Gasteiger partial charge in [-0.2, -0.15) is 5.10 Å². The fourth-order valence-electron chi connectivity index (χ4n) is 3.06. The van der Waals surface area contributed by atoms with Crippen molar-refractivity contribution < 1.29 is 0 Å². The summed E-state index contributed by atoms with van der Waals surface area (Å²) in [5.74, 6) is 0.440. The third kappa shape index (κ3) is 1.59. The van der Waals surface area contributed by atoms with Crippen molar-refractivity contribution in [1.29, 1.82) is 0 Å². The molecule has 1 aromatic rings. The Labute approximate surface area is 91.7 Å². The molecule has 3 nitrogen and oxygen atoms in total. The molecule has 3 heteroatoms. The largest absolute Gasteiger partial charge is 0.327 e. The summed E-state index contributed by atoms with van der Waals surface area (Å²) in [6.07, 6.45) is 4.33. The van der Waals surface area contributed by atoms with Crippen molar-refractivity contribution in [2.75, 3.05) is 0 Å². The smallest absolute Gasteiger partial charge is 0.0528 e. The molecule has 1 heterocycles. The van der Waals surface area contributed by atoms with Gasteiger partial charge in [-0.1, -0.05) is 13.8 Å². The minimum atomic E-state index is 0.197. The summed E-state index contributed by atoms with van der Waals surface area (Å²) in [6.45, 7) is 6.74. The lowest BCUT2D eigenvalue weighted by Gasteiger charge is -2.40. The molecule has 0 bridgehead atoms. The Hall–Kier alpha value is -0.830. The molecule has 0 saturated heterocycles. The van der Waals surface area contributed by atoms with Crippen molar-refractivity contribution in [3.05, 3.63) is 17.5 Å². The van der Waals surface area contributed by atoms with Crippen molar-refractivity contribution >= 4 is 0 Å². The predicted molar refractivity (Wildman–Crippen MR) is 61.7 cm³/mol. The summed E-state index contributed by atoms with van der Waals surface area (Å²) in [5, 5.41) is 4.36. The van der Waals surface area contributed by atoms with Gasteiger partial charge < -0.3 is 5.73 Å². The number of aryl methyl sites for hydroxylation is 1. The average Bonchev–Trinajstić information content (AvgIpc) is 2.45. The molecule has 84 valence electrons. The van der Waals surface area contributed by atoms with Crippen LogP contribution in [0, 0.1) is 5.41 Å². The van der Waals surface area contributed by atoms with Crippen molar-refractivity contribution in [1.82, 2.24) is 9.78 Å². The predicted octanol–water partition coefficient (Wildman–Crippen LogP) is 1.82. The lowest BCUT2D eigenvalue weighted by molar-refractivity contribution is 0.219. The van der Waals surface area contributed by atoms with E-state index in [1.165, 1.54) is 17.7 Å². The molecule has 1 aliphatic rings. The molecular weight excluding hydrogens is 186 g/mol. The Morgan fingerprint density at radius 3 is 2.87 bits per heavy atom. The van der Waals surface area contributed by atoms with Gasteiger partial charge in [0.2, 0.25) is 0 Å². The average molecular weight is 207 g/mol. The van der Waals surface area contributed by atoms with Gasteiger partial charge in [0.15, 0.2) is 0 Å². The number of fused-ring (bicyclic) bond motifs is 1. The maximum absolute atomic E-state index is 6.13. The molecule has 0 aromatic carbocycles. The quantitative estimate of drug-likeness (QED) is 0.763. The molecule has 0 saturated carbocycles. The molecule has 2 unspecified atom stereocenters. The first kappa shape index (κ1) is 10.7. The van der Waals surface area contributed by atoms with Gasteiger partial charge in [0.05, 0.1) is 6.20 Å². The zero-order chi connectivity index (χ0) is 11.2. The normalized spacial score (nSPS) is 26.1. The highest BCUT2D eigenvalue weighted by molar-refractivity contribution is 5.29. The summed E-state index contributed by atoms with van der Waals surface area (Å²) >= 11 is 0. The first-order chi connectivity index (χ1) is 6.93. The van der Waals surface area contributed by atoms with E-state index in [2.05, 4.69) is 25.9 Å². The standard InChI is InChI=1S/C12H21N3/c1-8(13)11-9-7-14-15(4)10(9)5-6-12(11,2)3/h7-8,11H,5-6,13H2,1-4H3. The molecule has 0 fully saturated rings. The third-order valence-corrected chi connectivity index (χ3v) is 3.80. The van der Waals surface area contributed by atoms with Gasteiger partial charge in [-0.15, -0.1) is 0 Å². The number of aromatic nitrogens is 2. The van der Waals surface area contributed by atoms with E-state index in [0.717, 1.165) is 6.42 Å². The van der Waals surface area contributed by atoms with E-state index in [4.69, 9.17) is 5.73 Å². The lowest BCUT2D eigenvalue weighted by Crippen LogP contribution is -2.39. The van der Waals surface area contributed by atoms with E-state index in [0.29, 0.717) is 11.3 Å². The summed E-state index contributed by atoms with van der Waals surface area (Å²) in [6, 6.07) is 0.197.